The number of carbonyl (C=O) groups is 2. The van der Waals surface area contributed by atoms with Gasteiger partial charge in [-0.1, -0.05) is 20.8 Å². The Morgan fingerprint density at radius 1 is 1.00 bits per heavy atom. The second kappa shape index (κ2) is 12.9. The maximum Gasteiger partial charge on any atom is 0.326 e. The molecular weight excluding hydrogens is 520 g/mol. The molecular formula is C30H53ClN2O6. The Morgan fingerprint density at radius 2 is 1.72 bits per heavy atom. The molecule has 7 N–H and O–H groups in total. The van der Waals surface area contributed by atoms with E-state index in [2.05, 4.69) is 26.1 Å². The first kappa shape index (κ1) is 32.6. The summed E-state index contributed by atoms with van der Waals surface area (Å²) in [4.78, 5) is 24.2. The minimum absolute atomic E-state index is 0. The lowest BCUT2D eigenvalue weighted by Gasteiger charge is -2.63. The average molecular weight is 573 g/mol. The highest BCUT2D eigenvalue weighted by molar-refractivity contribution is 5.85. The minimum atomic E-state index is -1.01. The minimum Gasteiger partial charge on any atom is -0.480 e. The Hall–Kier alpha value is -0.930. The largest absolute Gasteiger partial charge is 0.480 e. The number of fused-ring (bicyclic) bond motifs is 5. The fourth-order valence-electron chi connectivity index (χ4n) is 9.71. The number of halogens is 1. The van der Waals surface area contributed by atoms with Crippen LogP contribution in [0, 0.1) is 46.3 Å². The normalized spacial score (nSPS) is 42.7. The Bertz CT molecular complexity index is 861. The van der Waals surface area contributed by atoms with E-state index in [0.717, 1.165) is 44.9 Å². The predicted octanol–water partition coefficient (Wildman–Crippen LogP) is 3.48. The third-order valence-corrected chi connectivity index (χ3v) is 11.9. The first-order chi connectivity index (χ1) is 17.9. The summed E-state index contributed by atoms with van der Waals surface area (Å²) in [7, 11) is 0. The van der Waals surface area contributed by atoms with Crippen LogP contribution in [-0.2, 0) is 9.59 Å². The van der Waals surface area contributed by atoms with Crippen molar-refractivity contribution in [1.82, 2.24) is 5.32 Å². The van der Waals surface area contributed by atoms with Gasteiger partial charge in [-0.3, -0.25) is 4.79 Å². The van der Waals surface area contributed by atoms with E-state index in [0.29, 0.717) is 38.1 Å². The summed E-state index contributed by atoms with van der Waals surface area (Å²) < 4.78 is 0. The Kier molecular flexibility index (Phi) is 10.8. The van der Waals surface area contributed by atoms with Gasteiger partial charge in [-0.25, -0.2) is 4.79 Å². The first-order valence-electron chi connectivity index (χ1n) is 15.2. The maximum atomic E-state index is 12.7. The van der Waals surface area contributed by atoms with Gasteiger partial charge in [-0.05, 0) is 124 Å². The van der Waals surface area contributed by atoms with Crippen molar-refractivity contribution in [1.29, 1.82) is 0 Å². The fraction of sp³-hybridized carbons (Fsp3) is 0.933. The van der Waals surface area contributed by atoms with Gasteiger partial charge in [0.2, 0.25) is 5.91 Å². The quantitative estimate of drug-likeness (QED) is 0.219. The van der Waals surface area contributed by atoms with E-state index in [4.69, 9.17) is 5.73 Å². The van der Waals surface area contributed by atoms with Crippen LogP contribution in [0.3, 0.4) is 0 Å². The van der Waals surface area contributed by atoms with Crippen LogP contribution in [-0.4, -0.2) is 63.2 Å². The van der Waals surface area contributed by atoms with E-state index in [1.54, 1.807) is 0 Å². The van der Waals surface area contributed by atoms with Gasteiger partial charge in [0.05, 0.1) is 18.3 Å². The number of amides is 1. The van der Waals surface area contributed by atoms with Crippen molar-refractivity contribution in [2.45, 2.75) is 122 Å². The molecule has 4 rings (SSSR count). The van der Waals surface area contributed by atoms with Crippen LogP contribution in [0.5, 0.6) is 0 Å². The van der Waals surface area contributed by atoms with Gasteiger partial charge in [-0.15, -0.1) is 12.4 Å². The summed E-state index contributed by atoms with van der Waals surface area (Å²) in [6, 6.07) is -0.881. The number of carboxylic acids is 1. The van der Waals surface area contributed by atoms with Gasteiger partial charge in [0, 0.05) is 6.42 Å². The second-order valence-electron chi connectivity index (χ2n) is 13.8. The molecule has 8 nitrogen and oxygen atoms in total. The molecule has 226 valence electrons. The molecule has 0 bridgehead atoms. The summed E-state index contributed by atoms with van der Waals surface area (Å²) in [6.45, 7) is 7.23. The van der Waals surface area contributed by atoms with E-state index in [1.165, 1.54) is 0 Å². The number of aliphatic hydroxyl groups is 3. The maximum absolute atomic E-state index is 12.7. The molecule has 12 atom stereocenters. The molecule has 0 spiro atoms. The lowest BCUT2D eigenvalue weighted by molar-refractivity contribution is -0.207. The molecule has 1 amide bonds. The van der Waals surface area contributed by atoms with Crippen LogP contribution in [0.4, 0.5) is 0 Å². The number of rotatable bonds is 10. The summed E-state index contributed by atoms with van der Waals surface area (Å²) in [6.07, 6.45) is 7.50. The van der Waals surface area contributed by atoms with Gasteiger partial charge in [0.1, 0.15) is 6.04 Å². The number of nitrogens with two attached hydrogens (primary N) is 1. The molecule has 4 aliphatic carbocycles. The van der Waals surface area contributed by atoms with Crippen molar-refractivity contribution >= 4 is 24.3 Å². The zero-order valence-corrected chi connectivity index (χ0v) is 24.9. The zero-order chi connectivity index (χ0) is 27.8. The van der Waals surface area contributed by atoms with Gasteiger partial charge in [-0.2, -0.15) is 0 Å². The highest BCUT2D eigenvalue weighted by Gasteiger charge is 2.65. The second-order valence-corrected chi connectivity index (χ2v) is 13.8. The molecule has 0 aliphatic heterocycles. The Labute approximate surface area is 240 Å². The van der Waals surface area contributed by atoms with Gasteiger partial charge in [0.15, 0.2) is 0 Å². The Morgan fingerprint density at radius 3 is 2.38 bits per heavy atom. The number of carbonyl (C=O) groups excluding carboxylic acids is 1. The van der Waals surface area contributed by atoms with Gasteiger partial charge < -0.3 is 31.5 Å². The molecule has 4 saturated carbocycles. The average Bonchev–Trinajstić information content (AvgIpc) is 3.22. The SMILES string of the molecule is CC(CCC(=O)NC(CCCCN)C(=O)O)[C@H]1CC[C@H]2[C@@H]3[C@H](O)C[C@@H]4C[C@H](O)CC[C@]4(C)[C@H]3C[C@H](O)[C@]12C.Cl. The van der Waals surface area contributed by atoms with Crippen LogP contribution in [0.1, 0.15) is 97.8 Å². The van der Waals surface area contributed by atoms with E-state index < -0.39 is 24.2 Å². The number of carboxylic acid groups (broad SMARTS) is 1. The van der Waals surface area contributed by atoms with Crippen molar-refractivity contribution in [3.63, 3.8) is 0 Å². The van der Waals surface area contributed by atoms with Gasteiger partial charge in [0.25, 0.3) is 0 Å². The van der Waals surface area contributed by atoms with Crippen LogP contribution < -0.4 is 11.1 Å². The van der Waals surface area contributed by atoms with Crippen LogP contribution in [0.25, 0.3) is 0 Å². The third kappa shape index (κ3) is 6.15. The third-order valence-electron chi connectivity index (χ3n) is 11.9. The monoisotopic (exact) mass is 572 g/mol. The summed E-state index contributed by atoms with van der Waals surface area (Å²) >= 11 is 0. The van der Waals surface area contributed by atoms with E-state index in [9.17, 15) is 30.0 Å². The summed E-state index contributed by atoms with van der Waals surface area (Å²) in [5, 5.41) is 45.6. The van der Waals surface area contributed by atoms with E-state index in [1.807, 2.05) is 0 Å². The van der Waals surface area contributed by atoms with Crippen molar-refractivity contribution in [3.8, 4) is 0 Å². The molecule has 9 heteroatoms. The van der Waals surface area contributed by atoms with E-state index in [-0.39, 0.29) is 71.3 Å². The molecule has 0 saturated heterocycles. The highest BCUT2D eigenvalue weighted by atomic mass is 35.5. The molecule has 0 aromatic heterocycles. The number of nitrogens with one attached hydrogen (secondary N) is 1. The molecule has 2 unspecified atom stereocenters. The first-order valence-corrected chi connectivity index (χ1v) is 15.2. The molecule has 4 fully saturated rings. The predicted molar refractivity (Wildman–Crippen MR) is 152 cm³/mol. The number of aliphatic hydroxyl groups excluding tert-OH is 3. The summed E-state index contributed by atoms with van der Waals surface area (Å²) in [5.74, 6) is 0.202. The number of unbranched alkanes of at least 4 members (excludes halogenated alkanes) is 1. The number of hydrogen-bond donors (Lipinski definition) is 6. The molecule has 0 heterocycles. The van der Waals surface area contributed by atoms with E-state index >= 15 is 0 Å². The smallest absolute Gasteiger partial charge is 0.326 e. The highest BCUT2D eigenvalue weighted by Crippen LogP contribution is 2.68. The van der Waals surface area contributed by atoms with Crippen molar-refractivity contribution in [2.24, 2.45) is 52.1 Å². The van der Waals surface area contributed by atoms with Crippen LogP contribution in [0.15, 0.2) is 0 Å². The molecule has 0 aromatic carbocycles. The molecule has 4 aliphatic rings. The molecule has 39 heavy (non-hydrogen) atoms. The lowest BCUT2D eigenvalue weighted by atomic mass is 9.43. The van der Waals surface area contributed by atoms with Crippen molar-refractivity contribution in [3.05, 3.63) is 0 Å². The topological polar surface area (TPSA) is 153 Å². The number of aliphatic carboxylic acids is 1. The standard InChI is InChI=1S/C30H52N2O6.ClH/c1-17(7-10-26(36)32-23(28(37)38)6-4-5-13-31)20-8-9-21-27-22(16-25(35)30(20,21)3)29(2)12-11-19(33)14-18(29)15-24(27)34;/h17-25,27,33-35H,4-16,31H2,1-3H3,(H,32,36)(H,37,38);1H/t17?,18-,19+,20+,21-,22-,23?,24+,25-,27-,29-,30+;/m0./s1. The van der Waals surface area contributed by atoms with Crippen LogP contribution >= 0.6 is 12.4 Å². The fourth-order valence-corrected chi connectivity index (χ4v) is 9.71. The lowest BCUT2D eigenvalue weighted by Crippen LogP contribution is -2.62. The summed E-state index contributed by atoms with van der Waals surface area (Å²) in [5.41, 5.74) is 5.26. The molecule has 0 aromatic rings. The Balaban J connectivity index is 0.00000420. The van der Waals surface area contributed by atoms with Gasteiger partial charge >= 0.3 is 5.97 Å². The number of hydrogen-bond acceptors (Lipinski definition) is 6. The molecule has 0 radical (unpaired) electrons. The van der Waals surface area contributed by atoms with Crippen molar-refractivity contribution in [2.75, 3.05) is 6.54 Å². The zero-order valence-electron chi connectivity index (χ0n) is 24.1. The van der Waals surface area contributed by atoms with Crippen LogP contribution in [0.2, 0.25) is 0 Å². The van der Waals surface area contributed by atoms with Crippen molar-refractivity contribution < 1.29 is 30.0 Å².